The van der Waals surface area contributed by atoms with Crippen molar-refractivity contribution >= 4 is 46.8 Å². The maximum absolute atomic E-state index is 12.5. The van der Waals surface area contributed by atoms with E-state index in [9.17, 15) is 19.5 Å². The van der Waals surface area contributed by atoms with Crippen molar-refractivity contribution in [3.05, 3.63) is 28.2 Å². The Hall–Kier alpha value is -1.99. The number of carbonyl (C=O) groups excluding carboxylic acids is 2. The maximum atomic E-state index is 12.5. The van der Waals surface area contributed by atoms with Crippen LogP contribution >= 0.6 is 23.2 Å². The number of benzene rings is 1. The molecule has 1 fully saturated rings. The lowest BCUT2D eigenvalue weighted by Crippen LogP contribution is -2.47. The topological polar surface area (TPSA) is 98.7 Å². The Labute approximate surface area is 161 Å². The summed E-state index contributed by atoms with van der Waals surface area (Å²) >= 11 is 11.7. The van der Waals surface area contributed by atoms with Gasteiger partial charge >= 0.3 is 12.0 Å². The van der Waals surface area contributed by atoms with Crippen LogP contribution in [0.15, 0.2) is 18.2 Å². The number of carbonyl (C=O) groups is 3. The first-order chi connectivity index (χ1) is 12.3. The molecule has 0 radical (unpaired) electrons. The van der Waals surface area contributed by atoms with Crippen LogP contribution in [-0.4, -0.2) is 47.0 Å². The van der Waals surface area contributed by atoms with E-state index in [1.807, 2.05) is 6.92 Å². The van der Waals surface area contributed by atoms with Crippen molar-refractivity contribution in [1.29, 1.82) is 0 Å². The number of halogens is 2. The van der Waals surface area contributed by atoms with Gasteiger partial charge in [-0.15, -0.1) is 0 Å². The monoisotopic (exact) mass is 401 g/mol. The third-order valence-corrected chi connectivity index (χ3v) is 4.95. The summed E-state index contributed by atoms with van der Waals surface area (Å²) in [5.74, 6) is -2.47. The fourth-order valence-electron chi connectivity index (χ4n) is 2.82. The highest BCUT2D eigenvalue weighted by molar-refractivity contribution is 6.42. The molecule has 1 aromatic rings. The first-order valence-corrected chi connectivity index (χ1v) is 9.13. The summed E-state index contributed by atoms with van der Waals surface area (Å²) in [4.78, 5) is 37.6. The molecule has 7 nitrogen and oxygen atoms in total. The minimum absolute atomic E-state index is 0.0929. The van der Waals surface area contributed by atoms with Gasteiger partial charge in [0.2, 0.25) is 5.91 Å². The van der Waals surface area contributed by atoms with Gasteiger partial charge in [-0.1, -0.05) is 43.0 Å². The van der Waals surface area contributed by atoms with E-state index in [1.54, 1.807) is 6.07 Å². The van der Waals surface area contributed by atoms with Gasteiger partial charge in [0.25, 0.3) is 0 Å². The molecule has 0 saturated carbocycles. The second-order valence-corrected chi connectivity index (χ2v) is 6.96. The molecule has 1 aliphatic heterocycles. The second-order valence-electron chi connectivity index (χ2n) is 6.14. The zero-order chi connectivity index (χ0) is 19.3. The predicted octanol–water partition coefficient (Wildman–Crippen LogP) is 3.22. The lowest BCUT2D eigenvalue weighted by atomic mass is 10.0. The molecule has 0 bridgehead atoms. The lowest BCUT2D eigenvalue weighted by Gasteiger charge is -2.17. The zero-order valence-electron chi connectivity index (χ0n) is 14.3. The minimum Gasteiger partial charge on any atom is -0.481 e. The Bertz CT molecular complexity index is 699. The van der Waals surface area contributed by atoms with Crippen LogP contribution in [0.1, 0.15) is 26.2 Å². The fourth-order valence-corrected chi connectivity index (χ4v) is 3.12. The Morgan fingerprint density at radius 1 is 1.27 bits per heavy atom. The van der Waals surface area contributed by atoms with Gasteiger partial charge in [-0.05, 0) is 24.6 Å². The molecule has 142 valence electrons. The number of nitrogens with zero attached hydrogens (tertiary/aromatic N) is 1. The number of carboxylic acids is 1. The third-order valence-electron chi connectivity index (χ3n) is 4.21. The highest BCUT2D eigenvalue weighted by Crippen LogP contribution is 2.25. The van der Waals surface area contributed by atoms with Crippen LogP contribution in [0.25, 0.3) is 0 Å². The van der Waals surface area contributed by atoms with E-state index in [2.05, 4.69) is 10.6 Å². The summed E-state index contributed by atoms with van der Waals surface area (Å²) < 4.78 is 0. The van der Waals surface area contributed by atoms with Gasteiger partial charge in [0, 0.05) is 18.8 Å². The predicted molar refractivity (Wildman–Crippen MR) is 99.6 cm³/mol. The van der Waals surface area contributed by atoms with E-state index >= 15 is 0 Å². The van der Waals surface area contributed by atoms with Gasteiger partial charge in [-0.2, -0.15) is 0 Å². The Balaban J connectivity index is 2.02. The van der Waals surface area contributed by atoms with Crippen LogP contribution in [0.5, 0.6) is 0 Å². The molecule has 1 heterocycles. The van der Waals surface area contributed by atoms with E-state index in [0.29, 0.717) is 17.3 Å². The van der Waals surface area contributed by atoms with Crippen molar-refractivity contribution in [3.63, 3.8) is 0 Å². The molecule has 1 saturated heterocycles. The van der Waals surface area contributed by atoms with E-state index in [1.165, 1.54) is 17.0 Å². The molecule has 1 aliphatic rings. The van der Waals surface area contributed by atoms with Gasteiger partial charge in [0.1, 0.15) is 12.0 Å². The van der Waals surface area contributed by atoms with Crippen molar-refractivity contribution in [1.82, 2.24) is 10.2 Å². The number of hydrogen-bond acceptors (Lipinski definition) is 3. The number of urea groups is 1. The summed E-state index contributed by atoms with van der Waals surface area (Å²) in [5, 5.41) is 15.0. The van der Waals surface area contributed by atoms with Gasteiger partial charge < -0.3 is 20.6 Å². The first kappa shape index (κ1) is 20.3. The molecule has 2 atom stereocenters. The summed E-state index contributed by atoms with van der Waals surface area (Å²) in [5.41, 5.74) is 0.383. The number of rotatable bonds is 7. The Morgan fingerprint density at radius 2 is 2.00 bits per heavy atom. The number of aliphatic carboxylic acids is 1. The Kier molecular flexibility index (Phi) is 7.11. The summed E-state index contributed by atoms with van der Waals surface area (Å²) in [7, 11) is 0. The second kappa shape index (κ2) is 9.09. The van der Waals surface area contributed by atoms with Gasteiger partial charge in [-0.25, -0.2) is 4.79 Å². The minimum atomic E-state index is -1.11. The van der Waals surface area contributed by atoms with Crippen molar-refractivity contribution < 1.29 is 19.5 Å². The van der Waals surface area contributed by atoms with Crippen LogP contribution in [0.3, 0.4) is 0 Å². The van der Waals surface area contributed by atoms with Gasteiger partial charge in [0.05, 0.1) is 10.0 Å². The highest BCUT2D eigenvalue weighted by Gasteiger charge is 2.45. The van der Waals surface area contributed by atoms with Crippen molar-refractivity contribution in [2.75, 3.05) is 18.4 Å². The molecule has 9 heteroatoms. The molecule has 2 rings (SSSR count). The molecular formula is C17H21Cl2N3O4. The average molecular weight is 402 g/mol. The van der Waals surface area contributed by atoms with Crippen LogP contribution in [0.4, 0.5) is 10.5 Å². The highest BCUT2D eigenvalue weighted by atomic mass is 35.5. The zero-order valence-corrected chi connectivity index (χ0v) is 15.8. The standard InChI is InChI=1S/C17H21Cl2N3O4/c1-2-3-4-7-22-9-11(16(24)25)14(15(22)23)21-17(26)20-10-5-6-12(18)13(19)8-10/h5-6,8,11,14H,2-4,7,9H2,1H3,(H,24,25)(H2,20,21,26). The average Bonchev–Trinajstić information content (AvgIpc) is 2.88. The normalized spacial score (nSPS) is 19.5. The summed E-state index contributed by atoms with van der Waals surface area (Å²) in [6.07, 6.45) is 2.76. The molecule has 0 aliphatic carbocycles. The lowest BCUT2D eigenvalue weighted by molar-refractivity contribution is -0.142. The number of unbranched alkanes of at least 4 members (excludes halogenated alkanes) is 2. The van der Waals surface area contributed by atoms with Gasteiger partial charge in [0.15, 0.2) is 0 Å². The van der Waals surface area contributed by atoms with Crippen molar-refractivity contribution in [2.45, 2.75) is 32.2 Å². The fraction of sp³-hybridized carbons (Fsp3) is 0.471. The number of carboxylic acid groups (broad SMARTS) is 1. The number of nitrogens with one attached hydrogen (secondary N) is 2. The quantitative estimate of drug-likeness (QED) is 0.610. The molecule has 0 spiro atoms. The summed E-state index contributed by atoms with van der Waals surface area (Å²) in [6.45, 7) is 2.63. The van der Waals surface area contributed by atoms with Crippen LogP contribution in [0.2, 0.25) is 10.0 Å². The number of anilines is 1. The van der Waals surface area contributed by atoms with Crippen molar-refractivity contribution in [2.24, 2.45) is 5.92 Å². The van der Waals surface area contributed by atoms with E-state index in [0.717, 1.165) is 19.3 Å². The molecule has 2 unspecified atom stereocenters. The van der Waals surface area contributed by atoms with Crippen molar-refractivity contribution in [3.8, 4) is 0 Å². The molecule has 3 N–H and O–H groups in total. The molecule has 0 aromatic heterocycles. The molecule has 26 heavy (non-hydrogen) atoms. The van der Waals surface area contributed by atoms with E-state index in [-0.39, 0.29) is 17.5 Å². The third kappa shape index (κ3) is 5.02. The first-order valence-electron chi connectivity index (χ1n) is 8.37. The van der Waals surface area contributed by atoms with Crippen LogP contribution in [0, 0.1) is 5.92 Å². The maximum Gasteiger partial charge on any atom is 0.319 e. The van der Waals surface area contributed by atoms with Crippen LogP contribution in [-0.2, 0) is 9.59 Å². The SMILES string of the molecule is CCCCCN1CC(C(=O)O)C(NC(=O)Nc2ccc(Cl)c(Cl)c2)C1=O. The van der Waals surface area contributed by atoms with Gasteiger partial charge in [-0.3, -0.25) is 9.59 Å². The van der Waals surface area contributed by atoms with Crippen LogP contribution < -0.4 is 10.6 Å². The molecule has 3 amide bonds. The number of amides is 3. The van der Waals surface area contributed by atoms with E-state index in [4.69, 9.17) is 23.2 Å². The number of hydrogen-bond donors (Lipinski definition) is 3. The Morgan fingerprint density at radius 3 is 2.62 bits per heavy atom. The molecular weight excluding hydrogens is 381 g/mol. The summed E-state index contributed by atoms with van der Waals surface area (Å²) in [6, 6.07) is 2.76. The van der Waals surface area contributed by atoms with E-state index < -0.39 is 24.0 Å². The number of likely N-dealkylation sites (tertiary alicyclic amines) is 1. The molecule has 1 aromatic carbocycles. The largest absolute Gasteiger partial charge is 0.481 e. The smallest absolute Gasteiger partial charge is 0.319 e.